The van der Waals surface area contributed by atoms with Crippen LogP contribution in [-0.4, -0.2) is 44.9 Å². The molecule has 0 bridgehead atoms. The number of aromatic nitrogens is 9. The highest BCUT2D eigenvalue weighted by atomic mass is 15.0. The number of hydrogen-bond donors (Lipinski definition) is 0. The fraction of sp³-hybridized carbons (Fsp3) is 0. The van der Waals surface area contributed by atoms with Crippen molar-refractivity contribution in [2.45, 2.75) is 0 Å². The minimum absolute atomic E-state index is 0.583. The molecule has 9 nitrogen and oxygen atoms in total. The molecule has 4 heterocycles. The fourth-order valence-electron chi connectivity index (χ4n) is 5.75. The lowest BCUT2D eigenvalue weighted by Crippen LogP contribution is -2.00. The minimum atomic E-state index is 0.583. The summed E-state index contributed by atoms with van der Waals surface area (Å²) in [7, 11) is 0. The van der Waals surface area contributed by atoms with Crippen LogP contribution in [0.3, 0.4) is 0 Å². The second-order valence-corrected chi connectivity index (χ2v) is 11.1. The van der Waals surface area contributed by atoms with E-state index in [9.17, 15) is 0 Å². The molecule has 0 atom stereocenters. The summed E-state index contributed by atoms with van der Waals surface area (Å²) in [6.45, 7) is 0. The van der Waals surface area contributed by atoms with E-state index in [1.54, 1.807) is 24.8 Å². The summed E-state index contributed by atoms with van der Waals surface area (Å²) in [5.41, 5.74) is 9.77. The normalized spacial score (nSPS) is 11.3. The Kier molecular flexibility index (Phi) is 6.57. The van der Waals surface area contributed by atoms with Gasteiger partial charge >= 0.3 is 0 Å². The molecule has 0 fully saturated rings. The van der Waals surface area contributed by atoms with Gasteiger partial charge in [-0.15, -0.1) is 0 Å². The predicted molar refractivity (Wildman–Crippen MR) is 186 cm³/mol. The van der Waals surface area contributed by atoms with Crippen molar-refractivity contribution >= 4 is 33.1 Å². The van der Waals surface area contributed by atoms with E-state index in [2.05, 4.69) is 9.97 Å². The number of fused-ring (bicyclic) bond motifs is 6. The highest BCUT2D eigenvalue weighted by Crippen LogP contribution is 2.32. The van der Waals surface area contributed by atoms with Crippen LogP contribution in [0.2, 0.25) is 0 Å². The average molecular weight is 618 g/mol. The van der Waals surface area contributed by atoms with Gasteiger partial charge in [-0.05, 0) is 0 Å². The second kappa shape index (κ2) is 11.5. The van der Waals surface area contributed by atoms with Crippen molar-refractivity contribution in [2.24, 2.45) is 0 Å². The minimum Gasteiger partial charge on any atom is -0.251 e. The SMILES string of the molecule is c1ccc(-c2cnc3c4ncc(-c5ccc(-c6nc(-c7ccccc7)nc(-c7ccccc7)n6)cc5)nc4c4nccnc4c3n2)cc1. The topological polar surface area (TPSA) is 116 Å². The summed E-state index contributed by atoms with van der Waals surface area (Å²) in [4.78, 5) is 43.4. The Morgan fingerprint density at radius 2 is 0.604 bits per heavy atom. The zero-order valence-electron chi connectivity index (χ0n) is 25.3. The highest BCUT2D eigenvalue weighted by molar-refractivity contribution is 6.18. The van der Waals surface area contributed by atoms with E-state index in [4.69, 9.17) is 34.9 Å². The first kappa shape index (κ1) is 27.4. The summed E-state index contributed by atoms with van der Waals surface area (Å²) >= 11 is 0. The van der Waals surface area contributed by atoms with Gasteiger partial charge < -0.3 is 0 Å². The molecule has 0 amide bonds. The largest absolute Gasteiger partial charge is 0.251 e. The van der Waals surface area contributed by atoms with Crippen LogP contribution in [0, 0.1) is 0 Å². The molecule has 0 radical (unpaired) electrons. The third-order valence-corrected chi connectivity index (χ3v) is 8.12. The Labute approximate surface area is 274 Å². The molecule has 0 saturated heterocycles. The van der Waals surface area contributed by atoms with Crippen molar-refractivity contribution in [1.82, 2.24) is 44.9 Å². The lowest BCUT2D eigenvalue weighted by Gasteiger charge is -2.10. The first-order valence-electron chi connectivity index (χ1n) is 15.4. The zero-order chi connectivity index (χ0) is 31.9. The molecule has 48 heavy (non-hydrogen) atoms. The second-order valence-electron chi connectivity index (χ2n) is 11.1. The van der Waals surface area contributed by atoms with Crippen LogP contribution in [0.15, 0.2) is 140 Å². The van der Waals surface area contributed by atoms with Gasteiger partial charge in [0.2, 0.25) is 0 Å². The van der Waals surface area contributed by atoms with Crippen LogP contribution in [0.1, 0.15) is 0 Å². The fourth-order valence-corrected chi connectivity index (χ4v) is 5.75. The first-order chi connectivity index (χ1) is 23.8. The van der Waals surface area contributed by atoms with E-state index < -0.39 is 0 Å². The van der Waals surface area contributed by atoms with Gasteiger partial charge in [0, 0.05) is 40.2 Å². The lowest BCUT2D eigenvalue weighted by atomic mass is 10.1. The number of nitrogens with zero attached hydrogens (tertiary/aromatic N) is 9. The summed E-state index contributed by atoms with van der Waals surface area (Å²) in [6, 6.07) is 37.8. The Morgan fingerprint density at radius 3 is 1.04 bits per heavy atom. The summed E-state index contributed by atoms with van der Waals surface area (Å²) in [5, 5.41) is 0. The molecule has 5 aromatic carbocycles. The van der Waals surface area contributed by atoms with Gasteiger partial charge in [0.15, 0.2) is 17.5 Å². The van der Waals surface area contributed by atoms with Crippen molar-refractivity contribution in [1.29, 1.82) is 0 Å². The molecule has 9 rings (SSSR count). The zero-order valence-corrected chi connectivity index (χ0v) is 25.3. The van der Waals surface area contributed by atoms with Crippen LogP contribution in [0.25, 0.3) is 89.8 Å². The molecule has 0 aliphatic carbocycles. The molecule has 0 saturated carbocycles. The molecule has 9 heteroatoms. The Bertz CT molecular complexity index is 2520. The average Bonchev–Trinajstić information content (AvgIpc) is 3.18. The van der Waals surface area contributed by atoms with Gasteiger partial charge in [-0.1, -0.05) is 115 Å². The van der Waals surface area contributed by atoms with Crippen molar-refractivity contribution < 1.29 is 0 Å². The third-order valence-electron chi connectivity index (χ3n) is 8.12. The van der Waals surface area contributed by atoms with Crippen molar-refractivity contribution in [3.8, 4) is 56.7 Å². The predicted octanol–water partition coefficient (Wildman–Crippen LogP) is 8.04. The molecule has 0 aliphatic rings. The molecule has 0 aliphatic heterocycles. The van der Waals surface area contributed by atoms with E-state index in [-0.39, 0.29) is 0 Å². The summed E-state index contributed by atoms with van der Waals surface area (Å²) in [5.74, 6) is 1.81. The molecule has 0 N–H and O–H groups in total. The molecular formula is C39H23N9. The van der Waals surface area contributed by atoms with Crippen molar-refractivity contribution in [3.05, 3.63) is 140 Å². The van der Waals surface area contributed by atoms with Crippen molar-refractivity contribution in [3.63, 3.8) is 0 Å². The Morgan fingerprint density at radius 1 is 0.271 bits per heavy atom. The highest BCUT2D eigenvalue weighted by Gasteiger charge is 2.18. The van der Waals surface area contributed by atoms with Crippen molar-refractivity contribution in [2.75, 3.05) is 0 Å². The van der Waals surface area contributed by atoms with E-state index in [0.717, 1.165) is 33.5 Å². The third kappa shape index (κ3) is 4.87. The van der Waals surface area contributed by atoms with Crippen LogP contribution < -0.4 is 0 Å². The summed E-state index contributed by atoms with van der Waals surface area (Å²) in [6.07, 6.45) is 6.85. The molecule has 0 unspecified atom stereocenters. The van der Waals surface area contributed by atoms with Crippen LogP contribution >= 0.6 is 0 Å². The molecule has 9 aromatic rings. The van der Waals surface area contributed by atoms with E-state index >= 15 is 0 Å². The smallest absolute Gasteiger partial charge is 0.164 e. The van der Waals surface area contributed by atoms with Gasteiger partial charge in [-0.25, -0.2) is 34.9 Å². The monoisotopic (exact) mass is 617 g/mol. The van der Waals surface area contributed by atoms with E-state index in [1.807, 2.05) is 115 Å². The lowest BCUT2D eigenvalue weighted by molar-refractivity contribution is 1.07. The Balaban J connectivity index is 1.13. The van der Waals surface area contributed by atoms with Crippen LogP contribution in [0.4, 0.5) is 0 Å². The van der Waals surface area contributed by atoms with Crippen LogP contribution in [0.5, 0.6) is 0 Å². The first-order valence-corrected chi connectivity index (χ1v) is 15.4. The van der Waals surface area contributed by atoms with Gasteiger partial charge in [0.1, 0.15) is 33.1 Å². The van der Waals surface area contributed by atoms with Crippen LogP contribution in [-0.2, 0) is 0 Å². The van der Waals surface area contributed by atoms with E-state index in [1.165, 1.54) is 0 Å². The molecular weight excluding hydrogens is 594 g/mol. The van der Waals surface area contributed by atoms with Gasteiger partial charge in [0.05, 0.1) is 23.8 Å². The molecule has 4 aromatic heterocycles. The molecule has 224 valence electrons. The quantitative estimate of drug-likeness (QED) is 0.177. The molecule has 0 spiro atoms. The number of hydrogen-bond acceptors (Lipinski definition) is 9. The summed E-state index contributed by atoms with van der Waals surface area (Å²) < 4.78 is 0. The maximum Gasteiger partial charge on any atom is 0.164 e. The van der Waals surface area contributed by atoms with Gasteiger partial charge in [-0.3, -0.25) is 9.97 Å². The van der Waals surface area contributed by atoms with E-state index in [0.29, 0.717) is 56.3 Å². The maximum atomic E-state index is 5.04. The van der Waals surface area contributed by atoms with Gasteiger partial charge in [-0.2, -0.15) is 0 Å². The number of rotatable bonds is 5. The van der Waals surface area contributed by atoms with Gasteiger partial charge in [0.25, 0.3) is 0 Å². The number of benzene rings is 5. The maximum absolute atomic E-state index is 5.04. The standard InChI is InChI=1S/C39H23N9/c1-4-10-24(11-5-1)29-22-42-33-34-36(32-31(35(33)44-29)40-20-21-41-32)45-30(23-43-34)25-16-18-28(19-17-25)39-47-37(26-12-6-2-7-13-26)46-38(48-39)27-14-8-3-9-15-27/h1-23H. The Hall–Kier alpha value is -6.87.